The molecule has 0 bridgehead atoms. The van der Waals surface area contributed by atoms with Crippen LogP contribution in [0.5, 0.6) is 0 Å². The van der Waals surface area contributed by atoms with Crippen molar-refractivity contribution in [3.63, 3.8) is 0 Å². The average Bonchev–Trinajstić information content (AvgIpc) is 3.21. The van der Waals surface area contributed by atoms with Crippen molar-refractivity contribution < 1.29 is 4.79 Å². The number of nitrogens with zero attached hydrogens (tertiary/aromatic N) is 1. The monoisotopic (exact) mass is 306 g/mol. The highest BCUT2D eigenvalue weighted by Crippen LogP contribution is 2.46. The summed E-state index contributed by atoms with van der Waals surface area (Å²) in [7, 11) is 0. The fraction of sp³-hybridized carbons (Fsp3) is 0.588. The quantitative estimate of drug-likeness (QED) is 0.809. The minimum atomic E-state index is -0.255. The van der Waals surface area contributed by atoms with E-state index in [0.717, 1.165) is 36.4 Å². The van der Waals surface area contributed by atoms with Crippen LogP contribution in [0.1, 0.15) is 57.2 Å². The molecule has 3 rings (SSSR count). The van der Waals surface area contributed by atoms with Crippen molar-refractivity contribution in [2.45, 2.75) is 57.2 Å². The van der Waals surface area contributed by atoms with Gasteiger partial charge in [0.15, 0.2) is 0 Å². The maximum absolute atomic E-state index is 12.6. The Labute approximate surface area is 131 Å². The van der Waals surface area contributed by atoms with Gasteiger partial charge in [-0.05, 0) is 37.0 Å². The molecule has 2 aliphatic rings. The summed E-state index contributed by atoms with van der Waals surface area (Å²) in [5.41, 5.74) is 0.877. The standard InChI is InChI=1S/C17H23ClN2O/c1-2-3-4-5-12-20-15(13-6-8-14(18)9-7-13)19-17(10-11-17)16(20)21/h6-9,15,19H,2-5,10-12H2,1H3. The number of rotatable bonds is 6. The summed E-state index contributed by atoms with van der Waals surface area (Å²) in [4.78, 5) is 14.7. The second-order valence-corrected chi connectivity index (χ2v) is 6.68. The number of amides is 1. The van der Waals surface area contributed by atoms with E-state index in [9.17, 15) is 4.79 Å². The van der Waals surface area contributed by atoms with Gasteiger partial charge in [-0.15, -0.1) is 0 Å². The average molecular weight is 307 g/mol. The molecule has 1 aromatic rings. The summed E-state index contributed by atoms with van der Waals surface area (Å²) in [5, 5.41) is 4.29. The molecule has 1 saturated carbocycles. The van der Waals surface area contributed by atoms with E-state index in [2.05, 4.69) is 12.2 Å². The van der Waals surface area contributed by atoms with E-state index in [0.29, 0.717) is 5.91 Å². The Balaban J connectivity index is 1.73. The molecule has 1 aliphatic heterocycles. The molecular formula is C17H23ClN2O. The summed E-state index contributed by atoms with van der Waals surface area (Å²) in [6, 6.07) is 7.84. The smallest absolute Gasteiger partial charge is 0.244 e. The summed E-state index contributed by atoms with van der Waals surface area (Å²) in [6.45, 7) is 3.05. The van der Waals surface area contributed by atoms with Gasteiger partial charge in [0.25, 0.3) is 0 Å². The Bertz CT molecular complexity index is 510. The molecule has 1 N–H and O–H groups in total. The number of carbonyl (C=O) groups is 1. The summed E-state index contributed by atoms with van der Waals surface area (Å²) in [5.74, 6) is 0.291. The van der Waals surface area contributed by atoms with Gasteiger partial charge >= 0.3 is 0 Å². The summed E-state index contributed by atoms with van der Waals surface area (Å²) >= 11 is 5.97. The van der Waals surface area contributed by atoms with Crippen LogP contribution in [-0.4, -0.2) is 22.9 Å². The van der Waals surface area contributed by atoms with Crippen molar-refractivity contribution in [2.24, 2.45) is 0 Å². The van der Waals surface area contributed by atoms with Crippen molar-refractivity contribution >= 4 is 17.5 Å². The first-order valence-electron chi connectivity index (χ1n) is 8.00. The normalized spacial score (nSPS) is 23.0. The maximum atomic E-state index is 12.6. The molecule has 0 radical (unpaired) electrons. The number of unbranched alkanes of at least 4 members (excludes halogenated alkanes) is 3. The van der Waals surface area contributed by atoms with E-state index in [1.807, 2.05) is 29.2 Å². The predicted octanol–water partition coefficient (Wildman–Crippen LogP) is 3.88. The van der Waals surface area contributed by atoms with Gasteiger partial charge in [-0.1, -0.05) is 49.9 Å². The van der Waals surface area contributed by atoms with Crippen LogP contribution in [0.2, 0.25) is 5.02 Å². The molecule has 1 aromatic carbocycles. The van der Waals surface area contributed by atoms with Crippen LogP contribution in [0.15, 0.2) is 24.3 Å². The molecule has 1 aliphatic carbocycles. The lowest BCUT2D eigenvalue weighted by atomic mass is 10.1. The number of benzene rings is 1. The van der Waals surface area contributed by atoms with Gasteiger partial charge in [0.2, 0.25) is 5.91 Å². The maximum Gasteiger partial charge on any atom is 0.244 e. The first kappa shape index (κ1) is 14.9. The molecule has 1 unspecified atom stereocenters. The lowest BCUT2D eigenvalue weighted by molar-refractivity contribution is -0.130. The van der Waals surface area contributed by atoms with Crippen molar-refractivity contribution in [1.29, 1.82) is 0 Å². The van der Waals surface area contributed by atoms with E-state index < -0.39 is 0 Å². The van der Waals surface area contributed by atoms with Crippen molar-refractivity contribution in [2.75, 3.05) is 6.54 Å². The first-order valence-corrected chi connectivity index (χ1v) is 8.38. The fourth-order valence-electron chi connectivity index (χ4n) is 3.12. The zero-order chi connectivity index (χ0) is 14.9. The van der Waals surface area contributed by atoms with Crippen molar-refractivity contribution in [3.8, 4) is 0 Å². The molecule has 2 fully saturated rings. The van der Waals surface area contributed by atoms with Crippen LogP contribution in [-0.2, 0) is 4.79 Å². The number of hydrogen-bond donors (Lipinski definition) is 1. The first-order chi connectivity index (χ1) is 10.2. The SMILES string of the molecule is CCCCCCN1C(=O)C2(CC2)NC1c1ccc(Cl)cc1. The number of halogens is 1. The third-order valence-corrected chi connectivity index (χ3v) is 4.84. The van der Waals surface area contributed by atoms with E-state index in [4.69, 9.17) is 11.6 Å². The number of carbonyl (C=O) groups excluding carboxylic acids is 1. The highest BCUT2D eigenvalue weighted by atomic mass is 35.5. The minimum absolute atomic E-state index is 0.0129. The van der Waals surface area contributed by atoms with E-state index in [-0.39, 0.29) is 11.7 Å². The minimum Gasteiger partial charge on any atom is -0.321 e. The molecule has 1 atom stereocenters. The molecule has 1 spiro atoms. The Kier molecular flexibility index (Phi) is 4.23. The Morgan fingerprint density at radius 2 is 1.95 bits per heavy atom. The lowest BCUT2D eigenvalue weighted by Gasteiger charge is -2.24. The lowest BCUT2D eigenvalue weighted by Crippen LogP contribution is -2.33. The van der Waals surface area contributed by atoms with E-state index >= 15 is 0 Å². The molecule has 0 aromatic heterocycles. The Morgan fingerprint density at radius 1 is 1.24 bits per heavy atom. The van der Waals surface area contributed by atoms with Gasteiger partial charge in [-0.2, -0.15) is 0 Å². The van der Waals surface area contributed by atoms with Gasteiger partial charge in [0.05, 0.1) is 0 Å². The van der Waals surface area contributed by atoms with Crippen LogP contribution in [0, 0.1) is 0 Å². The molecule has 1 saturated heterocycles. The Hall–Kier alpha value is -1.06. The predicted molar refractivity (Wildman–Crippen MR) is 85.1 cm³/mol. The molecule has 1 heterocycles. The van der Waals surface area contributed by atoms with Gasteiger partial charge in [0, 0.05) is 11.6 Å². The Morgan fingerprint density at radius 3 is 2.57 bits per heavy atom. The van der Waals surface area contributed by atoms with E-state index in [1.165, 1.54) is 19.3 Å². The zero-order valence-electron chi connectivity index (χ0n) is 12.6. The highest BCUT2D eigenvalue weighted by Gasteiger charge is 2.59. The molecule has 114 valence electrons. The van der Waals surface area contributed by atoms with Crippen LogP contribution >= 0.6 is 11.6 Å². The molecular weight excluding hydrogens is 284 g/mol. The van der Waals surface area contributed by atoms with Crippen LogP contribution in [0.25, 0.3) is 0 Å². The number of nitrogens with one attached hydrogen (secondary N) is 1. The van der Waals surface area contributed by atoms with Crippen molar-refractivity contribution in [1.82, 2.24) is 10.2 Å². The third-order valence-electron chi connectivity index (χ3n) is 4.58. The van der Waals surface area contributed by atoms with Gasteiger partial charge < -0.3 is 4.90 Å². The number of hydrogen-bond acceptors (Lipinski definition) is 2. The largest absolute Gasteiger partial charge is 0.321 e. The second-order valence-electron chi connectivity index (χ2n) is 6.24. The highest BCUT2D eigenvalue weighted by molar-refractivity contribution is 6.30. The summed E-state index contributed by atoms with van der Waals surface area (Å²) in [6.07, 6.45) is 6.70. The third kappa shape index (κ3) is 2.95. The zero-order valence-corrected chi connectivity index (χ0v) is 13.3. The molecule has 4 heteroatoms. The summed E-state index contributed by atoms with van der Waals surface area (Å²) < 4.78 is 0. The van der Waals surface area contributed by atoms with Gasteiger partial charge in [0.1, 0.15) is 11.7 Å². The second kappa shape index (κ2) is 5.98. The molecule has 3 nitrogen and oxygen atoms in total. The van der Waals surface area contributed by atoms with Gasteiger partial charge in [-0.3, -0.25) is 10.1 Å². The molecule has 1 amide bonds. The van der Waals surface area contributed by atoms with Gasteiger partial charge in [-0.25, -0.2) is 0 Å². The van der Waals surface area contributed by atoms with Crippen molar-refractivity contribution in [3.05, 3.63) is 34.9 Å². The topological polar surface area (TPSA) is 32.3 Å². The van der Waals surface area contributed by atoms with Crippen LogP contribution in [0.4, 0.5) is 0 Å². The molecule has 21 heavy (non-hydrogen) atoms. The van der Waals surface area contributed by atoms with Crippen LogP contribution < -0.4 is 5.32 Å². The fourth-order valence-corrected chi connectivity index (χ4v) is 3.25. The van der Waals surface area contributed by atoms with Crippen LogP contribution in [0.3, 0.4) is 0 Å². The van der Waals surface area contributed by atoms with E-state index in [1.54, 1.807) is 0 Å².